The second-order valence-electron chi connectivity index (χ2n) is 5.15. The van der Waals surface area contributed by atoms with E-state index in [-0.39, 0.29) is 17.9 Å². The minimum atomic E-state index is -0.271. The van der Waals surface area contributed by atoms with Crippen LogP contribution in [0.3, 0.4) is 0 Å². The van der Waals surface area contributed by atoms with Crippen LogP contribution in [0.25, 0.3) is 0 Å². The number of hydrogen-bond donors (Lipinski definition) is 2. The number of hydrogen-bond acceptors (Lipinski definition) is 2. The van der Waals surface area contributed by atoms with Crippen molar-refractivity contribution < 1.29 is 9.90 Å². The highest BCUT2D eigenvalue weighted by molar-refractivity contribution is 6.17. The molecule has 0 aliphatic heterocycles. The maximum absolute atomic E-state index is 12.0. The first-order valence-electron chi connectivity index (χ1n) is 6.82. The molecule has 2 atom stereocenters. The van der Waals surface area contributed by atoms with Gasteiger partial charge in [0.1, 0.15) is 0 Å². The number of carbonyl (C=O) groups excluding carboxylic acids is 1. The molecule has 0 bridgehead atoms. The highest BCUT2D eigenvalue weighted by Gasteiger charge is 2.23. The van der Waals surface area contributed by atoms with Gasteiger partial charge < -0.3 is 10.4 Å². The van der Waals surface area contributed by atoms with E-state index >= 15 is 0 Å². The molecule has 0 saturated heterocycles. The van der Waals surface area contributed by atoms with Gasteiger partial charge in [0.2, 0.25) is 0 Å². The normalized spacial score (nSPS) is 23.1. The van der Waals surface area contributed by atoms with Crippen LogP contribution in [-0.4, -0.2) is 23.7 Å². The summed E-state index contributed by atoms with van der Waals surface area (Å²) in [6.07, 6.45) is 3.80. The Morgan fingerprint density at radius 3 is 2.58 bits per heavy atom. The van der Waals surface area contributed by atoms with Crippen molar-refractivity contribution >= 4 is 17.5 Å². The van der Waals surface area contributed by atoms with Crippen LogP contribution in [0.2, 0.25) is 0 Å². The van der Waals surface area contributed by atoms with Gasteiger partial charge in [0.25, 0.3) is 5.91 Å². The fraction of sp³-hybridized carbons (Fsp3) is 0.533. The van der Waals surface area contributed by atoms with Crippen LogP contribution in [0, 0.1) is 5.92 Å². The zero-order valence-electron chi connectivity index (χ0n) is 10.9. The quantitative estimate of drug-likeness (QED) is 0.834. The maximum atomic E-state index is 12.0. The summed E-state index contributed by atoms with van der Waals surface area (Å²) in [6.45, 7) is 0.553. The van der Waals surface area contributed by atoms with E-state index in [0.29, 0.717) is 18.0 Å². The van der Waals surface area contributed by atoms with Crippen molar-refractivity contribution in [2.75, 3.05) is 6.54 Å². The van der Waals surface area contributed by atoms with Gasteiger partial charge in [-0.2, -0.15) is 0 Å². The number of carbonyl (C=O) groups is 1. The third kappa shape index (κ3) is 3.95. The SMILES string of the molecule is O=C(NCC1CCCCC1O)c1ccc(CCl)cc1. The molecule has 1 aromatic rings. The van der Waals surface area contributed by atoms with Crippen LogP contribution >= 0.6 is 11.6 Å². The highest BCUT2D eigenvalue weighted by atomic mass is 35.5. The topological polar surface area (TPSA) is 49.3 Å². The van der Waals surface area contributed by atoms with E-state index in [1.165, 1.54) is 0 Å². The minimum Gasteiger partial charge on any atom is -0.393 e. The molecule has 1 aromatic carbocycles. The molecule has 1 saturated carbocycles. The Hall–Kier alpha value is -1.06. The van der Waals surface area contributed by atoms with E-state index in [2.05, 4.69) is 5.32 Å². The third-order valence-corrected chi connectivity index (χ3v) is 4.07. The van der Waals surface area contributed by atoms with Gasteiger partial charge in [-0.1, -0.05) is 25.0 Å². The lowest BCUT2D eigenvalue weighted by Gasteiger charge is -2.27. The van der Waals surface area contributed by atoms with E-state index in [9.17, 15) is 9.90 Å². The Kier molecular flexibility index (Phi) is 5.23. The van der Waals surface area contributed by atoms with Crippen LogP contribution in [0.15, 0.2) is 24.3 Å². The molecule has 1 amide bonds. The van der Waals surface area contributed by atoms with Gasteiger partial charge in [0, 0.05) is 23.9 Å². The van der Waals surface area contributed by atoms with Crippen molar-refractivity contribution in [3.8, 4) is 0 Å². The number of alkyl halides is 1. The first-order chi connectivity index (χ1) is 9.20. The average Bonchev–Trinajstić information content (AvgIpc) is 2.46. The van der Waals surface area contributed by atoms with Crippen molar-refractivity contribution in [1.29, 1.82) is 0 Å². The van der Waals surface area contributed by atoms with Crippen molar-refractivity contribution in [3.63, 3.8) is 0 Å². The lowest BCUT2D eigenvalue weighted by Crippen LogP contribution is -2.36. The summed E-state index contributed by atoms with van der Waals surface area (Å²) in [5.41, 5.74) is 1.64. The van der Waals surface area contributed by atoms with Crippen LogP contribution in [-0.2, 0) is 5.88 Å². The zero-order valence-corrected chi connectivity index (χ0v) is 11.7. The molecule has 2 unspecified atom stereocenters. The van der Waals surface area contributed by atoms with E-state index in [0.717, 1.165) is 31.2 Å². The second-order valence-corrected chi connectivity index (χ2v) is 5.42. The summed E-state index contributed by atoms with van der Waals surface area (Å²) in [7, 11) is 0. The molecular weight excluding hydrogens is 262 g/mol. The third-order valence-electron chi connectivity index (χ3n) is 3.76. The molecular formula is C15H20ClNO2. The molecule has 104 valence electrons. The van der Waals surface area contributed by atoms with Gasteiger partial charge in [0.05, 0.1) is 6.10 Å². The second kappa shape index (κ2) is 6.92. The monoisotopic (exact) mass is 281 g/mol. The first-order valence-corrected chi connectivity index (χ1v) is 7.35. The Morgan fingerprint density at radius 2 is 1.95 bits per heavy atom. The van der Waals surface area contributed by atoms with Gasteiger partial charge in [-0.25, -0.2) is 0 Å². The van der Waals surface area contributed by atoms with Gasteiger partial charge in [-0.05, 0) is 30.5 Å². The number of nitrogens with one attached hydrogen (secondary N) is 1. The van der Waals surface area contributed by atoms with E-state index < -0.39 is 0 Å². The molecule has 19 heavy (non-hydrogen) atoms. The van der Waals surface area contributed by atoms with E-state index in [1.54, 1.807) is 12.1 Å². The van der Waals surface area contributed by atoms with Crippen molar-refractivity contribution in [2.24, 2.45) is 5.92 Å². The van der Waals surface area contributed by atoms with E-state index in [4.69, 9.17) is 11.6 Å². The number of aliphatic hydroxyl groups is 1. The molecule has 2 N–H and O–H groups in total. The highest BCUT2D eigenvalue weighted by Crippen LogP contribution is 2.23. The molecule has 4 heteroatoms. The molecule has 1 aliphatic carbocycles. The smallest absolute Gasteiger partial charge is 0.251 e. The summed E-state index contributed by atoms with van der Waals surface area (Å²) >= 11 is 5.71. The zero-order chi connectivity index (χ0) is 13.7. The van der Waals surface area contributed by atoms with Gasteiger partial charge in [-0.3, -0.25) is 4.79 Å². The average molecular weight is 282 g/mol. The number of halogens is 1. The largest absolute Gasteiger partial charge is 0.393 e. The first kappa shape index (κ1) is 14.4. The van der Waals surface area contributed by atoms with Gasteiger partial charge >= 0.3 is 0 Å². The molecule has 1 fully saturated rings. The lowest BCUT2D eigenvalue weighted by atomic mass is 9.86. The van der Waals surface area contributed by atoms with E-state index in [1.807, 2.05) is 12.1 Å². The van der Waals surface area contributed by atoms with Crippen molar-refractivity contribution in [1.82, 2.24) is 5.32 Å². The van der Waals surface area contributed by atoms with Crippen molar-refractivity contribution in [2.45, 2.75) is 37.7 Å². The predicted molar refractivity (Wildman–Crippen MR) is 76.3 cm³/mol. The maximum Gasteiger partial charge on any atom is 0.251 e. The number of amides is 1. The van der Waals surface area contributed by atoms with Crippen molar-refractivity contribution in [3.05, 3.63) is 35.4 Å². The summed E-state index contributed by atoms with van der Waals surface area (Å²) in [5.74, 6) is 0.564. The number of benzene rings is 1. The summed E-state index contributed by atoms with van der Waals surface area (Å²) in [6, 6.07) is 7.28. The Balaban J connectivity index is 1.86. The molecule has 0 radical (unpaired) electrons. The van der Waals surface area contributed by atoms with Crippen LogP contribution in [0.5, 0.6) is 0 Å². The molecule has 2 rings (SSSR count). The Bertz CT molecular complexity index is 419. The number of rotatable bonds is 4. The molecule has 0 spiro atoms. The fourth-order valence-corrected chi connectivity index (χ4v) is 2.68. The van der Waals surface area contributed by atoms with Gasteiger partial charge in [0.15, 0.2) is 0 Å². The molecule has 0 heterocycles. The van der Waals surface area contributed by atoms with Crippen LogP contribution in [0.1, 0.15) is 41.6 Å². The van der Waals surface area contributed by atoms with Crippen LogP contribution < -0.4 is 5.32 Å². The summed E-state index contributed by atoms with van der Waals surface area (Å²) in [5, 5.41) is 12.8. The van der Waals surface area contributed by atoms with Gasteiger partial charge in [-0.15, -0.1) is 11.6 Å². The lowest BCUT2D eigenvalue weighted by molar-refractivity contribution is 0.0663. The Morgan fingerprint density at radius 1 is 1.26 bits per heavy atom. The molecule has 0 aromatic heterocycles. The number of aliphatic hydroxyl groups excluding tert-OH is 1. The Labute approximate surface area is 119 Å². The standard InChI is InChI=1S/C15H20ClNO2/c16-9-11-5-7-12(8-6-11)15(19)17-10-13-3-1-2-4-14(13)18/h5-8,13-14,18H,1-4,9-10H2,(H,17,19). The molecule has 1 aliphatic rings. The van der Waals surface area contributed by atoms with Crippen LogP contribution in [0.4, 0.5) is 0 Å². The fourth-order valence-electron chi connectivity index (χ4n) is 2.50. The molecule has 3 nitrogen and oxygen atoms in total. The minimum absolute atomic E-state index is 0.0844. The predicted octanol–water partition coefficient (Wildman–Crippen LogP) is 2.71. The summed E-state index contributed by atoms with van der Waals surface area (Å²) < 4.78 is 0. The summed E-state index contributed by atoms with van der Waals surface area (Å²) in [4.78, 5) is 12.0.